The summed E-state index contributed by atoms with van der Waals surface area (Å²) in [5.74, 6) is 0.0769. The third kappa shape index (κ3) is 5.81. The highest BCUT2D eigenvalue weighted by Gasteiger charge is 2.27. The predicted octanol–water partition coefficient (Wildman–Crippen LogP) is 2.87. The van der Waals surface area contributed by atoms with Gasteiger partial charge in [-0.15, -0.1) is 12.4 Å². The normalized spacial score (nSPS) is 14.2. The Kier molecular flexibility index (Phi) is 6.29. The number of nitrogens with one attached hydrogen (secondary N) is 2. The number of rotatable bonds is 3. The fourth-order valence-electron chi connectivity index (χ4n) is 1.87. The van der Waals surface area contributed by atoms with Gasteiger partial charge in [0.2, 0.25) is 5.91 Å². The Balaban J connectivity index is 0.00000220. The van der Waals surface area contributed by atoms with Crippen molar-refractivity contribution in [2.45, 2.75) is 25.6 Å². The highest BCUT2D eigenvalue weighted by atomic mass is 35.5. The molecule has 1 heterocycles. The van der Waals surface area contributed by atoms with Crippen LogP contribution in [-0.2, 0) is 11.3 Å². The molecule has 0 aliphatic carbocycles. The van der Waals surface area contributed by atoms with Gasteiger partial charge in [0.15, 0.2) is 0 Å². The lowest BCUT2D eigenvalue weighted by atomic mass is 10.1. The first kappa shape index (κ1) is 17.6. The van der Waals surface area contributed by atoms with E-state index in [4.69, 9.17) is 4.74 Å². The largest absolute Gasteiger partial charge is 0.492 e. The molecular formula is C13H16ClF3N2O2. The Hall–Kier alpha value is -1.47. The molecule has 118 valence electrons. The van der Waals surface area contributed by atoms with Crippen LogP contribution in [0.2, 0.25) is 0 Å². The van der Waals surface area contributed by atoms with E-state index in [0.29, 0.717) is 18.8 Å². The maximum atomic E-state index is 12.0. The molecule has 0 aromatic heterocycles. The molecule has 2 N–H and O–H groups in total. The van der Waals surface area contributed by atoms with E-state index in [9.17, 15) is 18.0 Å². The van der Waals surface area contributed by atoms with Crippen LogP contribution >= 0.6 is 12.4 Å². The highest BCUT2D eigenvalue weighted by molar-refractivity contribution is 5.90. The zero-order valence-corrected chi connectivity index (χ0v) is 11.9. The van der Waals surface area contributed by atoms with E-state index in [2.05, 4.69) is 10.6 Å². The SMILES string of the molecule is Cl.O=C(CCC(F)(F)F)Nc1ccc2c(c1)CNCCO2. The molecule has 1 aliphatic heterocycles. The van der Waals surface area contributed by atoms with Crippen LogP contribution in [0.1, 0.15) is 18.4 Å². The zero-order chi connectivity index (χ0) is 14.6. The number of benzene rings is 1. The molecule has 1 amide bonds. The molecule has 0 atom stereocenters. The number of carbonyl (C=O) groups is 1. The summed E-state index contributed by atoms with van der Waals surface area (Å²) in [5, 5.41) is 5.61. The summed E-state index contributed by atoms with van der Waals surface area (Å²) in [4.78, 5) is 11.4. The van der Waals surface area contributed by atoms with Gasteiger partial charge < -0.3 is 15.4 Å². The molecule has 0 radical (unpaired) electrons. The standard InChI is InChI=1S/C13H15F3N2O2.ClH/c14-13(15,16)4-3-12(19)18-10-1-2-11-9(7-10)8-17-5-6-20-11;/h1-2,7,17H,3-6,8H2,(H,18,19);1H. The summed E-state index contributed by atoms with van der Waals surface area (Å²) in [6.45, 7) is 1.88. The molecule has 4 nitrogen and oxygen atoms in total. The summed E-state index contributed by atoms with van der Waals surface area (Å²) >= 11 is 0. The van der Waals surface area contributed by atoms with Crippen molar-refractivity contribution in [3.8, 4) is 5.75 Å². The summed E-state index contributed by atoms with van der Waals surface area (Å²) in [7, 11) is 0. The minimum atomic E-state index is -4.32. The van der Waals surface area contributed by atoms with E-state index in [1.807, 2.05) is 0 Å². The van der Waals surface area contributed by atoms with Crippen LogP contribution in [0.4, 0.5) is 18.9 Å². The first-order valence-corrected chi connectivity index (χ1v) is 6.27. The van der Waals surface area contributed by atoms with Crippen molar-refractivity contribution in [3.63, 3.8) is 0 Å². The van der Waals surface area contributed by atoms with Crippen LogP contribution < -0.4 is 15.4 Å². The molecule has 0 unspecified atom stereocenters. The second-order valence-electron chi connectivity index (χ2n) is 4.51. The van der Waals surface area contributed by atoms with Gasteiger partial charge in [-0.05, 0) is 18.2 Å². The van der Waals surface area contributed by atoms with Crippen molar-refractivity contribution in [2.75, 3.05) is 18.5 Å². The summed E-state index contributed by atoms with van der Waals surface area (Å²) in [5.41, 5.74) is 1.35. The summed E-state index contributed by atoms with van der Waals surface area (Å²) in [6, 6.07) is 5.04. The molecular weight excluding hydrogens is 309 g/mol. The molecule has 0 saturated heterocycles. The third-order valence-corrected chi connectivity index (χ3v) is 2.83. The Morgan fingerprint density at radius 1 is 1.38 bits per heavy atom. The van der Waals surface area contributed by atoms with Crippen molar-refractivity contribution >= 4 is 24.0 Å². The topological polar surface area (TPSA) is 50.4 Å². The maximum Gasteiger partial charge on any atom is 0.389 e. The number of anilines is 1. The Bertz CT molecular complexity index is 495. The number of halogens is 4. The van der Waals surface area contributed by atoms with Gasteiger partial charge in [0.25, 0.3) is 0 Å². The summed E-state index contributed by atoms with van der Waals surface area (Å²) in [6.07, 6.45) is -6.01. The lowest BCUT2D eigenvalue weighted by Crippen LogP contribution is -2.17. The Morgan fingerprint density at radius 2 is 2.14 bits per heavy atom. The Labute approximate surface area is 126 Å². The van der Waals surface area contributed by atoms with Gasteiger partial charge in [0.05, 0.1) is 6.42 Å². The molecule has 1 aliphatic rings. The van der Waals surface area contributed by atoms with E-state index in [1.165, 1.54) is 0 Å². The zero-order valence-electron chi connectivity index (χ0n) is 11.1. The van der Waals surface area contributed by atoms with Gasteiger partial charge in [0.1, 0.15) is 12.4 Å². The van der Waals surface area contributed by atoms with Crippen molar-refractivity contribution in [1.82, 2.24) is 5.32 Å². The molecule has 0 fully saturated rings. The van der Waals surface area contributed by atoms with Gasteiger partial charge in [-0.2, -0.15) is 13.2 Å². The number of alkyl halides is 3. The van der Waals surface area contributed by atoms with E-state index in [-0.39, 0.29) is 12.4 Å². The molecule has 0 bridgehead atoms. The van der Waals surface area contributed by atoms with Crippen LogP contribution in [0.5, 0.6) is 5.75 Å². The third-order valence-electron chi connectivity index (χ3n) is 2.83. The number of fused-ring (bicyclic) bond motifs is 1. The lowest BCUT2D eigenvalue weighted by Gasteiger charge is -2.11. The smallest absolute Gasteiger partial charge is 0.389 e. The highest BCUT2D eigenvalue weighted by Crippen LogP contribution is 2.25. The van der Waals surface area contributed by atoms with E-state index in [0.717, 1.165) is 17.9 Å². The number of amides is 1. The number of hydrogen-bond donors (Lipinski definition) is 2. The van der Waals surface area contributed by atoms with Crippen molar-refractivity contribution in [3.05, 3.63) is 23.8 Å². The maximum absolute atomic E-state index is 12.0. The molecule has 0 spiro atoms. The van der Waals surface area contributed by atoms with Crippen LogP contribution in [0.3, 0.4) is 0 Å². The number of hydrogen-bond acceptors (Lipinski definition) is 3. The second-order valence-corrected chi connectivity index (χ2v) is 4.51. The molecule has 1 aromatic carbocycles. The average Bonchev–Trinajstić information content (AvgIpc) is 2.60. The fraction of sp³-hybridized carbons (Fsp3) is 0.462. The average molecular weight is 325 g/mol. The van der Waals surface area contributed by atoms with Crippen molar-refractivity contribution in [2.24, 2.45) is 0 Å². The van der Waals surface area contributed by atoms with E-state index < -0.39 is 24.9 Å². The fourth-order valence-corrected chi connectivity index (χ4v) is 1.87. The van der Waals surface area contributed by atoms with Crippen LogP contribution in [0, 0.1) is 0 Å². The van der Waals surface area contributed by atoms with Gasteiger partial charge in [-0.25, -0.2) is 0 Å². The second kappa shape index (κ2) is 7.51. The van der Waals surface area contributed by atoms with Gasteiger partial charge in [-0.3, -0.25) is 4.79 Å². The van der Waals surface area contributed by atoms with Gasteiger partial charge in [-0.1, -0.05) is 0 Å². The van der Waals surface area contributed by atoms with E-state index >= 15 is 0 Å². The van der Waals surface area contributed by atoms with Gasteiger partial charge >= 0.3 is 6.18 Å². The number of ether oxygens (including phenoxy) is 1. The van der Waals surface area contributed by atoms with Crippen LogP contribution in [0.25, 0.3) is 0 Å². The summed E-state index contributed by atoms with van der Waals surface area (Å²) < 4.78 is 41.5. The lowest BCUT2D eigenvalue weighted by molar-refractivity contribution is -0.142. The molecule has 8 heteroatoms. The minimum Gasteiger partial charge on any atom is -0.492 e. The van der Waals surface area contributed by atoms with Gasteiger partial charge in [0, 0.05) is 30.8 Å². The predicted molar refractivity (Wildman–Crippen MR) is 74.8 cm³/mol. The quantitative estimate of drug-likeness (QED) is 0.899. The molecule has 2 rings (SSSR count). The Morgan fingerprint density at radius 3 is 2.86 bits per heavy atom. The number of carbonyl (C=O) groups excluding carboxylic acids is 1. The van der Waals surface area contributed by atoms with Crippen LogP contribution in [0.15, 0.2) is 18.2 Å². The van der Waals surface area contributed by atoms with Crippen LogP contribution in [-0.4, -0.2) is 25.2 Å². The minimum absolute atomic E-state index is 0. The molecule has 1 aromatic rings. The first-order valence-electron chi connectivity index (χ1n) is 6.27. The molecule has 21 heavy (non-hydrogen) atoms. The first-order chi connectivity index (χ1) is 9.44. The van der Waals surface area contributed by atoms with E-state index in [1.54, 1.807) is 18.2 Å². The van der Waals surface area contributed by atoms with Crippen molar-refractivity contribution in [1.29, 1.82) is 0 Å². The monoisotopic (exact) mass is 324 g/mol. The van der Waals surface area contributed by atoms with Crippen molar-refractivity contribution < 1.29 is 22.7 Å². The molecule has 0 saturated carbocycles.